The van der Waals surface area contributed by atoms with Crippen LogP contribution in [0.25, 0.3) is 11.3 Å². The molecular formula is C27H29N3O2. The minimum absolute atomic E-state index is 0.00117. The van der Waals surface area contributed by atoms with Gasteiger partial charge in [0.2, 0.25) is 0 Å². The monoisotopic (exact) mass is 427 g/mol. The molecule has 0 unspecified atom stereocenters. The average Bonchev–Trinajstić information content (AvgIpc) is 3.27. The van der Waals surface area contributed by atoms with Crippen LogP contribution in [0.4, 0.5) is 0 Å². The molecule has 5 heteroatoms. The van der Waals surface area contributed by atoms with Crippen molar-refractivity contribution in [2.45, 2.75) is 50.5 Å². The Morgan fingerprint density at radius 1 is 0.969 bits per heavy atom. The number of ketones is 1. The predicted octanol–water partition coefficient (Wildman–Crippen LogP) is 5.30. The molecule has 0 amide bonds. The largest absolute Gasteiger partial charge is 0.497 e. The first-order valence-corrected chi connectivity index (χ1v) is 11.8. The maximum atomic E-state index is 12.6. The molecule has 1 aromatic heterocycles. The highest BCUT2D eigenvalue weighted by Crippen LogP contribution is 2.60. The summed E-state index contributed by atoms with van der Waals surface area (Å²) in [5.74, 6) is 3.58. The van der Waals surface area contributed by atoms with Gasteiger partial charge in [0.1, 0.15) is 18.0 Å². The molecule has 0 aliphatic heterocycles. The second-order valence-corrected chi connectivity index (χ2v) is 10.2. The number of Topliss-reactive ketones (excluding diaryl/α,β-unsaturated/α-hetero) is 1. The van der Waals surface area contributed by atoms with E-state index in [4.69, 9.17) is 4.74 Å². The van der Waals surface area contributed by atoms with Crippen molar-refractivity contribution in [3.63, 3.8) is 0 Å². The Bertz CT molecular complexity index is 1100. The summed E-state index contributed by atoms with van der Waals surface area (Å²) in [5.41, 5.74) is 4.44. The second kappa shape index (κ2) is 7.58. The SMILES string of the molecule is COc1ccc(C(=O)Cn2cc(-c3ccc(C45CC6CC(CC(C6)C4)C5)cc3)nn2)cc1. The van der Waals surface area contributed by atoms with Gasteiger partial charge in [0, 0.05) is 11.1 Å². The average molecular weight is 428 g/mol. The summed E-state index contributed by atoms with van der Waals surface area (Å²) >= 11 is 0. The summed E-state index contributed by atoms with van der Waals surface area (Å²) in [6, 6.07) is 16.2. The number of carbonyl (C=O) groups excluding carboxylic acids is 1. The molecule has 4 saturated carbocycles. The number of ether oxygens (including phenoxy) is 1. The van der Waals surface area contributed by atoms with Gasteiger partial charge in [-0.25, -0.2) is 4.68 Å². The van der Waals surface area contributed by atoms with E-state index >= 15 is 0 Å². The van der Waals surface area contributed by atoms with E-state index < -0.39 is 0 Å². The first-order chi connectivity index (χ1) is 15.6. The molecule has 32 heavy (non-hydrogen) atoms. The number of aromatic nitrogens is 3. The predicted molar refractivity (Wildman–Crippen MR) is 123 cm³/mol. The maximum Gasteiger partial charge on any atom is 0.184 e. The van der Waals surface area contributed by atoms with Crippen molar-refractivity contribution in [3.05, 3.63) is 65.9 Å². The Balaban J connectivity index is 1.17. The summed E-state index contributed by atoms with van der Waals surface area (Å²) in [7, 11) is 1.61. The Morgan fingerprint density at radius 3 is 2.19 bits per heavy atom. The van der Waals surface area contributed by atoms with Crippen molar-refractivity contribution in [1.29, 1.82) is 0 Å². The third kappa shape index (κ3) is 3.44. The van der Waals surface area contributed by atoms with Gasteiger partial charge < -0.3 is 4.74 Å². The van der Waals surface area contributed by atoms with Gasteiger partial charge in [-0.1, -0.05) is 29.5 Å². The van der Waals surface area contributed by atoms with Crippen LogP contribution < -0.4 is 4.74 Å². The molecule has 2 aromatic carbocycles. The zero-order valence-corrected chi connectivity index (χ0v) is 18.5. The van der Waals surface area contributed by atoms with Gasteiger partial charge >= 0.3 is 0 Å². The van der Waals surface area contributed by atoms with Crippen molar-refractivity contribution in [2.75, 3.05) is 7.11 Å². The van der Waals surface area contributed by atoms with Crippen molar-refractivity contribution in [3.8, 4) is 17.0 Å². The number of methoxy groups -OCH3 is 1. The lowest BCUT2D eigenvalue weighted by atomic mass is 9.48. The number of hydrogen-bond donors (Lipinski definition) is 0. The van der Waals surface area contributed by atoms with Crippen LogP contribution in [0.3, 0.4) is 0 Å². The molecular weight excluding hydrogens is 398 g/mol. The molecule has 4 aliphatic carbocycles. The zero-order chi connectivity index (χ0) is 21.7. The Kier molecular flexibility index (Phi) is 4.67. The molecule has 7 rings (SSSR count). The van der Waals surface area contributed by atoms with Crippen LogP contribution >= 0.6 is 0 Å². The molecule has 5 nitrogen and oxygen atoms in total. The summed E-state index contributed by atoms with van der Waals surface area (Å²) in [4.78, 5) is 12.6. The molecule has 0 atom stereocenters. The molecule has 0 spiro atoms. The number of hydrogen-bond acceptors (Lipinski definition) is 4. The lowest BCUT2D eigenvalue weighted by molar-refractivity contribution is -0.00518. The molecule has 0 N–H and O–H groups in total. The zero-order valence-electron chi connectivity index (χ0n) is 18.5. The molecule has 4 aliphatic rings. The highest BCUT2D eigenvalue weighted by Gasteiger charge is 2.51. The molecule has 3 aromatic rings. The Labute approximate surface area is 188 Å². The van der Waals surface area contributed by atoms with Crippen LogP contribution in [0.15, 0.2) is 54.7 Å². The fourth-order valence-corrected chi connectivity index (χ4v) is 6.98. The Morgan fingerprint density at radius 2 is 1.59 bits per heavy atom. The number of carbonyl (C=O) groups is 1. The van der Waals surface area contributed by atoms with Crippen molar-refractivity contribution >= 4 is 5.78 Å². The standard InChI is InChI=1S/C27H29N3O2/c1-32-24-8-4-22(5-9-24)26(31)17-30-16-25(28-29-30)21-2-6-23(7-3-21)27-13-18-10-19(14-27)12-20(11-18)15-27/h2-9,16,18-20H,10-15,17H2,1H3. The van der Waals surface area contributed by atoms with Gasteiger partial charge in [0.05, 0.1) is 13.3 Å². The third-order valence-corrected chi connectivity index (χ3v) is 8.09. The molecule has 1 heterocycles. The van der Waals surface area contributed by atoms with E-state index in [1.54, 1.807) is 36.1 Å². The van der Waals surface area contributed by atoms with Crippen LogP contribution in [0.1, 0.15) is 54.4 Å². The minimum atomic E-state index is 0.00117. The summed E-state index contributed by atoms with van der Waals surface area (Å²) in [5, 5.41) is 8.51. The number of rotatable bonds is 6. The van der Waals surface area contributed by atoms with Gasteiger partial charge in [0.25, 0.3) is 0 Å². The Hall–Kier alpha value is -2.95. The van der Waals surface area contributed by atoms with Crippen molar-refractivity contribution in [1.82, 2.24) is 15.0 Å². The molecule has 0 radical (unpaired) electrons. The molecule has 4 bridgehead atoms. The highest BCUT2D eigenvalue weighted by atomic mass is 16.5. The van der Waals surface area contributed by atoms with Crippen molar-refractivity contribution < 1.29 is 9.53 Å². The first kappa shape index (κ1) is 19.7. The van der Waals surface area contributed by atoms with E-state index in [2.05, 4.69) is 34.6 Å². The van der Waals surface area contributed by atoms with Gasteiger partial charge in [-0.2, -0.15) is 0 Å². The van der Waals surface area contributed by atoms with E-state index in [0.717, 1.165) is 34.8 Å². The maximum absolute atomic E-state index is 12.6. The van der Waals surface area contributed by atoms with Gasteiger partial charge in [-0.15, -0.1) is 5.10 Å². The normalized spacial score (nSPS) is 28.1. The van der Waals surface area contributed by atoms with E-state index in [-0.39, 0.29) is 12.3 Å². The van der Waals surface area contributed by atoms with Crippen LogP contribution in [0.2, 0.25) is 0 Å². The highest BCUT2D eigenvalue weighted by molar-refractivity contribution is 5.96. The van der Waals surface area contributed by atoms with Gasteiger partial charge in [0.15, 0.2) is 5.78 Å². The second-order valence-electron chi connectivity index (χ2n) is 10.2. The van der Waals surface area contributed by atoms with E-state index in [1.165, 1.54) is 44.1 Å². The third-order valence-electron chi connectivity index (χ3n) is 8.09. The number of benzene rings is 2. The van der Waals surface area contributed by atoms with E-state index in [1.807, 2.05) is 6.20 Å². The summed E-state index contributed by atoms with van der Waals surface area (Å²) in [6.45, 7) is 0.171. The molecule has 4 fully saturated rings. The van der Waals surface area contributed by atoms with Crippen LogP contribution in [-0.2, 0) is 12.0 Å². The van der Waals surface area contributed by atoms with Gasteiger partial charge in [-0.05, 0) is 91.5 Å². The van der Waals surface area contributed by atoms with Gasteiger partial charge in [-0.3, -0.25) is 4.79 Å². The molecule has 164 valence electrons. The summed E-state index contributed by atoms with van der Waals surface area (Å²) in [6.07, 6.45) is 10.4. The van der Waals surface area contributed by atoms with Crippen LogP contribution in [-0.4, -0.2) is 27.9 Å². The fraction of sp³-hybridized carbons (Fsp3) is 0.444. The smallest absolute Gasteiger partial charge is 0.184 e. The quantitative estimate of drug-likeness (QED) is 0.501. The first-order valence-electron chi connectivity index (χ1n) is 11.8. The summed E-state index contributed by atoms with van der Waals surface area (Å²) < 4.78 is 6.78. The van der Waals surface area contributed by atoms with Crippen molar-refractivity contribution in [2.24, 2.45) is 17.8 Å². The van der Waals surface area contributed by atoms with E-state index in [0.29, 0.717) is 11.0 Å². The minimum Gasteiger partial charge on any atom is -0.497 e. The van der Waals surface area contributed by atoms with Crippen LogP contribution in [0.5, 0.6) is 5.75 Å². The molecule has 0 saturated heterocycles. The van der Waals surface area contributed by atoms with E-state index in [9.17, 15) is 4.79 Å². The topological polar surface area (TPSA) is 57.0 Å². The fourth-order valence-electron chi connectivity index (χ4n) is 6.98. The van der Waals surface area contributed by atoms with Crippen LogP contribution in [0, 0.1) is 17.8 Å². The lowest BCUT2D eigenvalue weighted by Gasteiger charge is -2.57. The number of nitrogens with zero attached hydrogens (tertiary/aromatic N) is 3. The lowest BCUT2D eigenvalue weighted by Crippen LogP contribution is -2.48.